The van der Waals surface area contributed by atoms with Crippen molar-refractivity contribution in [3.05, 3.63) is 109 Å². The van der Waals surface area contributed by atoms with Gasteiger partial charge in [-0.15, -0.1) is 0 Å². The summed E-state index contributed by atoms with van der Waals surface area (Å²) in [5, 5.41) is 0. The van der Waals surface area contributed by atoms with Crippen LogP contribution in [0.15, 0.2) is 109 Å². The molecular formula is C61H100O6. The zero-order chi connectivity index (χ0) is 48.6. The number of rotatable bonds is 48. The molecule has 0 heterocycles. The van der Waals surface area contributed by atoms with E-state index < -0.39 is 6.10 Å². The highest BCUT2D eigenvalue weighted by Gasteiger charge is 2.19. The van der Waals surface area contributed by atoms with Crippen LogP contribution in [0.2, 0.25) is 0 Å². The molecule has 0 aromatic carbocycles. The summed E-state index contributed by atoms with van der Waals surface area (Å²) in [6.45, 7) is 6.36. The summed E-state index contributed by atoms with van der Waals surface area (Å²) < 4.78 is 16.8. The van der Waals surface area contributed by atoms with Crippen LogP contribution in [-0.4, -0.2) is 37.2 Å². The summed E-state index contributed by atoms with van der Waals surface area (Å²) in [4.78, 5) is 38.0. The minimum Gasteiger partial charge on any atom is -0.462 e. The molecule has 380 valence electrons. The Kier molecular flexibility index (Phi) is 51.5. The molecule has 0 aliphatic rings. The van der Waals surface area contributed by atoms with E-state index in [2.05, 4.69) is 130 Å². The average molecular weight is 929 g/mol. The molecule has 0 spiro atoms. The zero-order valence-corrected chi connectivity index (χ0v) is 43.4. The fourth-order valence-electron chi connectivity index (χ4n) is 7.22. The molecule has 0 aliphatic carbocycles. The van der Waals surface area contributed by atoms with Crippen LogP contribution in [0.3, 0.4) is 0 Å². The molecule has 0 radical (unpaired) electrons. The Balaban J connectivity index is 4.35. The van der Waals surface area contributed by atoms with Gasteiger partial charge in [-0.05, 0) is 103 Å². The molecule has 0 fully saturated rings. The van der Waals surface area contributed by atoms with Crippen molar-refractivity contribution in [3.8, 4) is 0 Å². The Morgan fingerprint density at radius 3 is 0.925 bits per heavy atom. The van der Waals surface area contributed by atoms with Crippen LogP contribution in [-0.2, 0) is 28.6 Å². The van der Waals surface area contributed by atoms with Gasteiger partial charge in [0, 0.05) is 19.3 Å². The van der Waals surface area contributed by atoms with E-state index in [1.54, 1.807) is 0 Å². The molecule has 0 N–H and O–H groups in total. The average Bonchev–Trinajstić information content (AvgIpc) is 3.33. The summed E-state index contributed by atoms with van der Waals surface area (Å²) in [5.41, 5.74) is 0. The SMILES string of the molecule is CC/C=C\C/C=C\C/C=C\C/C=C\C/C=C\C/C=C\CCCCCCCCC(=O)OCC(COC(=O)CCCCCCCCCCCCC)OC(=O)CCCCC/C=C\C/C=C\C/C=C\CC. The van der Waals surface area contributed by atoms with E-state index in [4.69, 9.17) is 14.2 Å². The maximum Gasteiger partial charge on any atom is 0.306 e. The molecule has 0 rings (SSSR count). The maximum atomic E-state index is 12.8. The van der Waals surface area contributed by atoms with Gasteiger partial charge in [0.2, 0.25) is 0 Å². The first-order chi connectivity index (χ1) is 33.0. The van der Waals surface area contributed by atoms with Gasteiger partial charge in [-0.1, -0.05) is 226 Å². The summed E-state index contributed by atoms with van der Waals surface area (Å²) >= 11 is 0. The number of carbonyl (C=O) groups excluding carboxylic acids is 3. The van der Waals surface area contributed by atoms with Gasteiger partial charge in [0.25, 0.3) is 0 Å². The number of hydrogen-bond acceptors (Lipinski definition) is 6. The molecule has 0 bridgehead atoms. The van der Waals surface area contributed by atoms with E-state index in [1.165, 1.54) is 64.2 Å². The van der Waals surface area contributed by atoms with Crippen LogP contribution >= 0.6 is 0 Å². The molecule has 0 aliphatic heterocycles. The highest BCUT2D eigenvalue weighted by atomic mass is 16.6. The Labute approximate surface area is 412 Å². The second-order valence-electron chi connectivity index (χ2n) is 17.7. The van der Waals surface area contributed by atoms with Gasteiger partial charge in [-0.2, -0.15) is 0 Å². The molecule has 0 aromatic rings. The molecule has 1 unspecified atom stereocenters. The predicted octanol–water partition coefficient (Wildman–Crippen LogP) is 18.3. The lowest BCUT2D eigenvalue weighted by Crippen LogP contribution is -2.30. The van der Waals surface area contributed by atoms with E-state index in [9.17, 15) is 14.4 Å². The monoisotopic (exact) mass is 929 g/mol. The number of unbranched alkanes of at least 4 members (excludes halogenated alkanes) is 19. The molecular weight excluding hydrogens is 829 g/mol. The third-order valence-corrected chi connectivity index (χ3v) is 11.3. The van der Waals surface area contributed by atoms with Crippen LogP contribution in [0, 0.1) is 0 Å². The second kappa shape index (κ2) is 54.7. The first-order valence-electron chi connectivity index (χ1n) is 27.4. The van der Waals surface area contributed by atoms with Crippen molar-refractivity contribution >= 4 is 17.9 Å². The normalized spacial score (nSPS) is 12.9. The van der Waals surface area contributed by atoms with E-state index >= 15 is 0 Å². The van der Waals surface area contributed by atoms with Gasteiger partial charge < -0.3 is 14.2 Å². The topological polar surface area (TPSA) is 78.9 Å². The fraction of sp³-hybridized carbons (Fsp3) is 0.656. The Hall–Kier alpha value is -3.93. The smallest absolute Gasteiger partial charge is 0.306 e. The summed E-state index contributed by atoms with van der Waals surface area (Å²) in [7, 11) is 0. The lowest BCUT2D eigenvalue weighted by molar-refractivity contribution is -0.167. The number of ether oxygens (including phenoxy) is 3. The first-order valence-corrected chi connectivity index (χ1v) is 27.4. The van der Waals surface area contributed by atoms with Crippen molar-refractivity contribution in [2.45, 2.75) is 245 Å². The van der Waals surface area contributed by atoms with E-state index in [1.807, 2.05) is 0 Å². The lowest BCUT2D eigenvalue weighted by atomic mass is 10.1. The number of carbonyl (C=O) groups is 3. The van der Waals surface area contributed by atoms with Crippen molar-refractivity contribution < 1.29 is 28.6 Å². The number of hydrogen-bond donors (Lipinski definition) is 0. The molecule has 0 saturated carbocycles. The number of allylic oxidation sites excluding steroid dienone is 18. The second-order valence-corrected chi connectivity index (χ2v) is 17.7. The standard InChI is InChI=1S/C61H100O6/c1-4-7-10-13-16-19-22-24-25-26-27-28-29-30-31-32-33-34-35-37-39-42-45-48-51-54-60(63)66-57-58(56-65-59(62)53-50-47-44-41-38-21-18-15-12-9-6-3)67-61(64)55-52-49-46-43-40-36-23-20-17-14-11-8-5-2/h7-8,10-11,16-17,19-20,24-25,27-28,30-31,33-34,36,40,58H,4-6,9,12-15,18,21-23,26,29,32,35,37-39,41-57H2,1-3H3/b10-7-,11-8-,19-16-,20-17-,25-24-,28-27-,31-30-,34-33-,40-36-. The van der Waals surface area contributed by atoms with Gasteiger partial charge in [0.05, 0.1) is 0 Å². The molecule has 1 atom stereocenters. The molecule has 0 saturated heterocycles. The number of esters is 3. The van der Waals surface area contributed by atoms with Crippen molar-refractivity contribution in [2.75, 3.05) is 13.2 Å². The van der Waals surface area contributed by atoms with Crippen molar-refractivity contribution in [3.63, 3.8) is 0 Å². The van der Waals surface area contributed by atoms with E-state index in [-0.39, 0.29) is 37.5 Å². The van der Waals surface area contributed by atoms with Gasteiger partial charge >= 0.3 is 17.9 Å². The largest absolute Gasteiger partial charge is 0.462 e. The molecule has 6 heteroatoms. The minimum absolute atomic E-state index is 0.0947. The van der Waals surface area contributed by atoms with Gasteiger partial charge in [0.1, 0.15) is 13.2 Å². The van der Waals surface area contributed by atoms with E-state index in [0.717, 1.165) is 135 Å². The van der Waals surface area contributed by atoms with Crippen LogP contribution < -0.4 is 0 Å². The summed E-state index contributed by atoms with van der Waals surface area (Å²) in [6.07, 6.45) is 73.7. The minimum atomic E-state index is -0.799. The predicted molar refractivity (Wildman–Crippen MR) is 288 cm³/mol. The van der Waals surface area contributed by atoms with Crippen LogP contribution in [0.25, 0.3) is 0 Å². The Morgan fingerprint density at radius 1 is 0.313 bits per heavy atom. The Morgan fingerprint density at radius 2 is 0.582 bits per heavy atom. The van der Waals surface area contributed by atoms with Crippen molar-refractivity contribution in [1.82, 2.24) is 0 Å². The van der Waals surface area contributed by atoms with Crippen LogP contribution in [0.5, 0.6) is 0 Å². The summed E-state index contributed by atoms with van der Waals surface area (Å²) in [6, 6.07) is 0. The quantitative estimate of drug-likeness (QED) is 0.0262. The highest BCUT2D eigenvalue weighted by molar-refractivity contribution is 5.71. The maximum absolute atomic E-state index is 12.8. The van der Waals surface area contributed by atoms with Crippen LogP contribution in [0.4, 0.5) is 0 Å². The highest BCUT2D eigenvalue weighted by Crippen LogP contribution is 2.14. The van der Waals surface area contributed by atoms with Crippen molar-refractivity contribution in [2.24, 2.45) is 0 Å². The lowest BCUT2D eigenvalue weighted by Gasteiger charge is -2.18. The first kappa shape index (κ1) is 63.1. The molecule has 0 aromatic heterocycles. The molecule has 6 nitrogen and oxygen atoms in total. The van der Waals surface area contributed by atoms with E-state index in [0.29, 0.717) is 12.8 Å². The van der Waals surface area contributed by atoms with Gasteiger partial charge in [0.15, 0.2) is 6.10 Å². The van der Waals surface area contributed by atoms with Crippen LogP contribution in [0.1, 0.15) is 239 Å². The third-order valence-electron chi connectivity index (χ3n) is 11.3. The van der Waals surface area contributed by atoms with Crippen molar-refractivity contribution in [1.29, 1.82) is 0 Å². The van der Waals surface area contributed by atoms with Gasteiger partial charge in [-0.25, -0.2) is 0 Å². The fourth-order valence-corrected chi connectivity index (χ4v) is 7.22. The zero-order valence-electron chi connectivity index (χ0n) is 43.4. The molecule has 67 heavy (non-hydrogen) atoms. The van der Waals surface area contributed by atoms with Gasteiger partial charge in [-0.3, -0.25) is 14.4 Å². The molecule has 0 amide bonds. The Bertz CT molecular complexity index is 1390. The third kappa shape index (κ3) is 52.9. The summed E-state index contributed by atoms with van der Waals surface area (Å²) in [5.74, 6) is -0.943.